The monoisotopic (exact) mass is 509 g/mol. The lowest BCUT2D eigenvalue weighted by molar-refractivity contribution is -0.111. The number of benzene rings is 2. The standard InChI is InChI=1S/C29H31N7O2/c1-35(2)14-6-11-27(37)31-22-8-5-7-21(19-22)28-24-9-3-4-10-25(24)33-29(34-28)32-23-12-13-26(30-20-23)36-15-17-38-18-16-36/h3-13,19-20H,14-18H2,1-2H3,(H,31,37)(H,32,33,34)/b11-6+. The molecule has 0 aliphatic carbocycles. The molecule has 194 valence electrons. The van der Waals surface area contributed by atoms with Crippen molar-refractivity contribution in [1.82, 2.24) is 19.9 Å². The van der Waals surface area contributed by atoms with Gasteiger partial charge in [-0.05, 0) is 44.4 Å². The fourth-order valence-electron chi connectivity index (χ4n) is 4.22. The molecular weight excluding hydrogens is 478 g/mol. The Morgan fingerprint density at radius 1 is 1.03 bits per heavy atom. The van der Waals surface area contributed by atoms with Crippen LogP contribution in [0.15, 0.2) is 79.0 Å². The molecule has 2 aromatic heterocycles. The smallest absolute Gasteiger partial charge is 0.248 e. The van der Waals surface area contributed by atoms with E-state index in [1.165, 1.54) is 0 Å². The van der Waals surface area contributed by atoms with Gasteiger partial charge in [0.15, 0.2) is 0 Å². The number of anilines is 4. The third-order valence-electron chi connectivity index (χ3n) is 6.09. The highest BCUT2D eigenvalue weighted by Gasteiger charge is 2.14. The highest BCUT2D eigenvalue weighted by molar-refractivity contribution is 6.00. The molecule has 1 amide bonds. The number of aromatic nitrogens is 3. The number of hydrogen-bond acceptors (Lipinski definition) is 8. The SMILES string of the molecule is CN(C)C/C=C/C(=O)Nc1cccc(-c2nc(Nc3ccc(N4CCOCC4)nc3)nc3ccccc23)c1. The van der Waals surface area contributed by atoms with Crippen LogP contribution < -0.4 is 15.5 Å². The second-order valence-electron chi connectivity index (χ2n) is 9.28. The fraction of sp³-hybridized carbons (Fsp3) is 0.241. The highest BCUT2D eigenvalue weighted by atomic mass is 16.5. The summed E-state index contributed by atoms with van der Waals surface area (Å²) in [5, 5.41) is 7.17. The Balaban J connectivity index is 1.39. The van der Waals surface area contributed by atoms with E-state index >= 15 is 0 Å². The van der Waals surface area contributed by atoms with E-state index in [2.05, 4.69) is 20.5 Å². The van der Waals surface area contributed by atoms with Crippen LogP contribution in [0.5, 0.6) is 0 Å². The van der Waals surface area contributed by atoms with Gasteiger partial charge in [-0.15, -0.1) is 0 Å². The highest BCUT2D eigenvalue weighted by Crippen LogP contribution is 2.30. The van der Waals surface area contributed by atoms with E-state index in [4.69, 9.17) is 14.7 Å². The normalized spacial score (nSPS) is 13.8. The quantitative estimate of drug-likeness (QED) is 0.339. The lowest BCUT2D eigenvalue weighted by Gasteiger charge is -2.27. The maximum Gasteiger partial charge on any atom is 0.248 e. The van der Waals surface area contributed by atoms with Crippen molar-refractivity contribution in [3.8, 4) is 11.3 Å². The number of amides is 1. The number of morpholine rings is 1. The maximum atomic E-state index is 12.4. The number of carbonyl (C=O) groups is 1. The number of nitrogens with zero attached hydrogens (tertiary/aromatic N) is 5. The summed E-state index contributed by atoms with van der Waals surface area (Å²) in [6, 6.07) is 19.6. The predicted octanol–water partition coefficient (Wildman–Crippen LogP) is 4.33. The number of para-hydroxylation sites is 1. The summed E-state index contributed by atoms with van der Waals surface area (Å²) in [6.07, 6.45) is 5.17. The average Bonchev–Trinajstić information content (AvgIpc) is 2.93. The van der Waals surface area contributed by atoms with Crippen LogP contribution in [0.3, 0.4) is 0 Å². The first-order valence-corrected chi connectivity index (χ1v) is 12.6. The summed E-state index contributed by atoms with van der Waals surface area (Å²) >= 11 is 0. The second kappa shape index (κ2) is 11.8. The van der Waals surface area contributed by atoms with Crippen LogP contribution in [0.4, 0.5) is 23.1 Å². The van der Waals surface area contributed by atoms with Gasteiger partial charge in [-0.2, -0.15) is 0 Å². The van der Waals surface area contributed by atoms with Gasteiger partial charge in [-0.1, -0.05) is 36.4 Å². The molecule has 1 fully saturated rings. The number of carbonyl (C=O) groups excluding carboxylic acids is 1. The topological polar surface area (TPSA) is 95.5 Å². The fourth-order valence-corrected chi connectivity index (χ4v) is 4.22. The molecule has 38 heavy (non-hydrogen) atoms. The van der Waals surface area contributed by atoms with Gasteiger partial charge >= 0.3 is 0 Å². The summed E-state index contributed by atoms with van der Waals surface area (Å²) in [5.41, 5.74) is 3.97. The number of fused-ring (bicyclic) bond motifs is 1. The molecule has 1 aliphatic rings. The van der Waals surface area contributed by atoms with E-state index in [0.29, 0.717) is 31.4 Å². The molecule has 5 rings (SSSR count). The van der Waals surface area contributed by atoms with Crippen LogP contribution in [0.2, 0.25) is 0 Å². The van der Waals surface area contributed by atoms with Crippen LogP contribution in [0.1, 0.15) is 0 Å². The van der Waals surface area contributed by atoms with Crippen molar-refractivity contribution in [3.05, 3.63) is 79.0 Å². The van der Waals surface area contributed by atoms with Crippen molar-refractivity contribution >= 4 is 40.0 Å². The molecule has 0 unspecified atom stereocenters. The number of nitrogens with one attached hydrogen (secondary N) is 2. The van der Waals surface area contributed by atoms with Crippen LogP contribution in [-0.2, 0) is 9.53 Å². The van der Waals surface area contributed by atoms with Gasteiger partial charge < -0.3 is 25.2 Å². The molecule has 9 heteroatoms. The minimum Gasteiger partial charge on any atom is -0.378 e. The summed E-state index contributed by atoms with van der Waals surface area (Å²) in [6.45, 7) is 3.80. The summed E-state index contributed by atoms with van der Waals surface area (Å²) in [7, 11) is 3.91. The van der Waals surface area contributed by atoms with E-state index in [-0.39, 0.29) is 5.91 Å². The molecule has 0 radical (unpaired) electrons. The maximum absolute atomic E-state index is 12.4. The Morgan fingerprint density at radius 2 is 1.87 bits per heavy atom. The third-order valence-corrected chi connectivity index (χ3v) is 6.09. The number of rotatable bonds is 8. The molecule has 1 saturated heterocycles. The number of likely N-dealkylation sites (N-methyl/N-ethyl adjacent to an activating group) is 1. The van der Waals surface area contributed by atoms with E-state index in [0.717, 1.165) is 46.8 Å². The lowest BCUT2D eigenvalue weighted by atomic mass is 10.1. The average molecular weight is 510 g/mol. The van der Waals surface area contributed by atoms with Crippen LogP contribution in [0.25, 0.3) is 22.2 Å². The second-order valence-corrected chi connectivity index (χ2v) is 9.28. The Morgan fingerprint density at radius 3 is 2.66 bits per heavy atom. The van der Waals surface area contributed by atoms with Gasteiger partial charge in [-0.3, -0.25) is 4.79 Å². The van der Waals surface area contributed by atoms with Crippen molar-refractivity contribution in [2.24, 2.45) is 0 Å². The molecular formula is C29H31N7O2. The first kappa shape index (κ1) is 25.3. The zero-order valence-electron chi connectivity index (χ0n) is 21.6. The zero-order chi connectivity index (χ0) is 26.3. The van der Waals surface area contributed by atoms with Gasteiger partial charge in [0.25, 0.3) is 0 Å². The van der Waals surface area contributed by atoms with Crippen molar-refractivity contribution in [3.63, 3.8) is 0 Å². The van der Waals surface area contributed by atoms with Crippen molar-refractivity contribution in [1.29, 1.82) is 0 Å². The van der Waals surface area contributed by atoms with Gasteiger partial charge in [0.2, 0.25) is 11.9 Å². The molecule has 4 aromatic rings. The first-order chi connectivity index (χ1) is 18.5. The molecule has 0 spiro atoms. The molecule has 1 aliphatic heterocycles. The Bertz CT molecular complexity index is 1430. The minimum absolute atomic E-state index is 0.174. The Labute approximate surface area is 222 Å². The predicted molar refractivity (Wildman–Crippen MR) is 152 cm³/mol. The largest absolute Gasteiger partial charge is 0.378 e. The van der Waals surface area contributed by atoms with E-state index in [1.807, 2.05) is 85.7 Å². The number of pyridine rings is 1. The molecule has 0 bridgehead atoms. The summed E-state index contributed by atoms with van der Waals surface area (Å²) < 4.78 is 5.43. The van der Waals surface area contributed by atoms with Crippen LogP contribution >= 0.6 is 0 Å². The van der Waals surface area contributed by atoms with Crippen LogP contribution in [-0.4, -0.2) is 72.7 Å². The molecule has 2 aromatic carbocycles. The van der Waals surface area contributed by atoms with Gasteiger partial charge in [0.05, 0.1) is 36.3 Å². The van der Waals surface area contributed by atoms with Crippen molar-refractivity contribution in [2.45, 2.75) is 0 Å². The third kappa shape index (κ3) is 6.31. The van der Waals surface area contributed by atoms with Crippen molar-refractivity contribution < 1.29 is 9.53 Å². The van der Waals surface area contributed by atoms with E-state index in [1.54, 1.807) is 12.3 Å². The Hall–Kier alpha value is -4.34. The molecule has 0 atom stereocenters. The number of hydrogen-bond donors (Lipinski definition) is 2. The zero-order valence-corrected chi connectivity index (χ0v) is 21.6. The van der Waals surface area contributed by atoms with Gasteiger partial charge in [0.1, 0.15) is 5.82 Å². The minimum atomic E-state index is -0.174. The van der Waals surface area contributed by atoms with Gasteiger partial charge in [0, 0.05) is 42.3 Å². The van der Waals surface area contributed by atoms with Crippen LogP contribution in [0, 0.1) is 0 Å². The molecule has 2 N–H and O–H groups in total. The Kier molecular flexibility index (Phi) is 7.86. The lowest BCUT2D eigenvalue weighted by Crippen LogP contribution is -2.36. The van der Waals surface area contributed by atoms with Gasteiger partial charge in [-0.25, -0.2) is 15.0 Å². The molecule has 3 heterocycles. The summed E-state index contributed by atoms with van der Waals surface area (Å²) in [4.78, 5) is 30.8. The summed E-state index contributed by atoms with van der Waals surface area (Å²) in [5.74, 6) is 1.22. The molecule has 0 saturated carbocycles. The molecule has 9 nitrogen and oxygen atoms in total. The van der Waals surface area contributed by atoms with E-state index < -0.39 is 0 Å². The van der Waals surface area contributed by atoms with E-state index in [9.17, 15) is 4.79 Å². The number of ether oxygens (including phenoxy) is 1. The first-order valence-electron chi connectivity index (χ1n) is 12.6. The van der Waals surface area contributed by atoms with Crippen molar-refractivity contribution in [2.75, 3.05) is 62.5 Å².